The van der Waals surface area contributed by atoms with Gasteiger partial charge in [0.15, 0.2) is 11.6 Å². The molecule has 0 aromatic carbocycles. The topological polar surface area (TPSA) is 73.1 Å². The smallest absolute Gasteiger partial charge is 0.203 e. The van der Waals surface area contributed by atoms with Crippen LogP contribution in [0.1, 0.15) is 25.7 Å². The lowest BCUT2D eigenvalue weighted by atomic mass is 10.2. The molecule has 5 heteroatoms. The van der Waals surface area contributed by atoms with Gasteiger partial charge < -0.3 is 15.8 Å². The number of hydrogen-bond acceptors (Lipinski definition) is 5. The second-order valence-corrected chi connectivity index (χ2v) is 4.15. The van der Waals surface area contributed by atoms with Crippen LogP contribution in [-0.2, 0) is 0 Å². The predicted molar refractivity (Wildman–Crippen MR) is 63.4 cm³/mol. The Morgan fingerprint density at radius 2 is 2.31 bits per heavy atom. The molecule has 1 aliphatic carbocycles. The Hall–Kier alpha value is -1.52. The van der Waals surface area contributed by atoms with Gasteiger partial charge in [-0.1, -0.05) is 12.8 Å². The molecule has 1 aromatic rings. The van der Waals surface area contributed by atoms with E-state index in [0.29, 0.717) is 17.4 Å². The number of nitrogen functional groups attached to an aromatic ring is 1. The highest BCUT2D eigenvalue weighted by Gasteiger charge is 2.20. The number of nitrogens with zero attached hydrogens (tertiary/aromatic N) is 2. The highest BCUT2D eigenvalue weighted by atomic mass is 16.5. The second-order valence-electron chi connectivity index (χ2n) is 4.15. The molecule has 16 heavy (non-hydrogen) atoms. The molecule has 3 N–H and O–H groups in total. The van der Waals surface area contributed by atoms with E-state index < -0.39 is 0 Å². The monoisotopic (exact) mass is 222 g/mol. The number of hydrogen-bond donors (Lipinski definition) is 2. The summed E-state index contributed by atoms with van der Waals surface area (Å²) in [5, 5.41) is 3.23. The summed E-state index contributed by atoms with van der Waals surface area (Å²) in [6.45, 7) is 0.906. The summed E-state index contributed by atoms with van der Waals surface area (Å²) in [5.41, 5.74) is 5.68. The number of ether oxygens (including phenoxy) is 1. The first-order chi connectivity index (χ1) is 7.81. The minimum absolute atomic E-state index is 0.377. The van der Waals surface area contributed by atoms with E-state index >= 15 is 0 Å². The molecule has 1 aliphatic rings. The first-order valence-corrected chi connectivity index (χ1v) is 5.69. The van der Waals surface area contributed by atoms with E-state index in [0.717, 1.165) is 18.9 Å². The Morgan fingerprint density at radius 1 is 1.50 bits per heavy atom. The van der Waals surface area contributed by atoms with Crippen LogP contribution in [0.5, 0.6) is 5.75 Å². The molecule has 0 aliphatic heterocycles. The summed E-state index contributed by atoms with van der Waals surface area (Å²) < 4.78 is 5.15. The largest absolute Gasteiger partial charge is 0.490 e. The van der Waals surface area contributed by atoms with Crippen molar-refractivity contribution >= 4 is 11.6 Å². The van der Waals surface area contributed by atoms with E-state index in [-0.39, 0.29) is 0 Å². The average Bonchev–Trinajstić information content (AvgIpc) is 3.08. The molecule has 0 spiro atoms. The zero-order chi connectivity index (χ0) is 11.4. The third kappa shape index (κ3) is 2.74. The van der Waals surface area contributed by atoms with Gasteiger partial charge in [0, 0.05) is 6.54 Å². The van der Waals surface area contributed by atoms with Crippen molar-refractivity contribution < 1.29 is 4.74 Å². The summed E-state index contributed by atoms with van der Waals surface area (Å²) in [6.07, 6.45) is 6.72. The van der Waals surface area contributed by atoms with E-state index in [2.05, 4.69) is 15.3 Å². The van der Waals surface area contributed by atoms with Crippen LogP contribution in [0.3, 0.4) is 0 Å². The van der Waals surface area contributed by atoms with Gasteiger partial charge in [0.2, 0.25) is 5.75 Å². The van der Waals surface area contributed by atoms with Crippen LogP contribution >= 0.6 is 0 Å². The van der Waals surface area contributed by atoms with Gasteiger partial charge in [-0.15, -0.1) is 0 Å². The zero-order valence-corrected chi connectivity index (χ0v) is 9.57. The van der Waals surface area contributed by atoms with Crippen LogP contribution in [0, 0.1) is 5.92 Å². The molecule has 1 aromatic heterocycles. The van der Waals surface area contributed by atoms with Crippen molar-refractivity contribution in [2.75, 3.05) is 24.7 Å². The molecular weight excluding hydrogens is 204 g/mol. The van der Waals surface area contributed by atoms with E-state index in [1.165, 1.54) is 25.6 Å². The molecule has 0 atom stereocenters. The maximum Gasteiger partial charge on any atom is 0.203 e. The van der Waals surface area contributed by atoms with Gasteiger partial charge in [0.25, 0.3) is 0 Å². The number of nitrogens with two attached hydrogens (primary N) is 1. The van der Waals surface area contributed by atoms with E-state index in [1.54, 1.807) is 7.11 Å². The summed E-state index contributed by atoms with van der Waals surface area (Å²) in [4.78, 5) is 7.99. The van der Waals surface area contributed by atoms with Gasteiger partial charge >= 0.3 is 0 Å². The van der Waals surface area contributed by atoms with Gasteiger partial charge in [0.05, 0.1) is 7.11 Å². The number of anilines is 2. The van der Waals surface area contributed by atoms with Crippen LogP contribution in [0.15, 0.2) is 6.33 Å². The molecule has 2 rings (SSSR count). The molecule has 0 amide bonds. The predicted octanol–water partition coefficient (Wildman–Crippen LogP) is 1.67. The molecular formula is C11H18N4O. The van der Waals surface area contributed by atoms with Gasteiger partial charge in [-0.2, -0.15) is 0 Å². The normalized spacial score (nSPS) is 14.8. The van der Waals surface area contributed by atoms with E-state index in [9.17, 15) is 0 Å². The third-order valence-corrected chi connectivity index (χ3v) is 2.81. The summed E-state index contributed by atoms with van der Waals surface area (Å²) in [5.74, 6) is 2.57. The number of methoxy groups -OCH3 is 1. The fraction of sp³-hybridized carbons (Fsp3) is 0.636. The molecule has 1 saturated carbocycles. The second kappa shape index (κ2) is 5.01. The standard InChI is InChI=1S/C11H18N4O/c1-16-9-10(12)14-7-15-11(9)13-6-2-3-8-4-5-8/h7-8H,2-6H2,1H3,(H3,12,13,14,15). The van der Waals surface area contributed by atoms with E-state index in [4.69, 9.17) is 10.5 Å². The molecule has 0 bridgehead atoms. The average molecular weight is 222 g/mol. The zero-order valence-electron chi connectivity index (χ0n) is 9.57. The Morgan fingerprint density at radius 3 is 3.00 bits per heavy atom. The van der Waals surface area contributed by atoms with E-state index in [1.807, 2.05) is 0 Å². The Labute approximate surface area is 95.4 Å². The van der Waals surface area contributed by atoms with Crippen molar-refractivity contribution in [2.24, 2.45) is 5.92 Å². The minimum Gasteiger partial charge on any atom is -0.490 e. The number of aromatic nitrogens is 2. The van der Waals surface area contributed by atoms with Gasteiger partial charge in [0.1, 0.15) is 6.33 Å². The molecule has 1 heterocycles. The Balaban J connectivity index is 1.84. The van der Waals surface area contributed by atoms with Crippen molar-refractivity contribution in [3.8, 4) is 5.75 Å². The maximum atomic E-state index is 5.68. The maximum absolute atomic E-state index is 5.68. The van der Waals surface area contributed by atoms with Crippen LogP contribution < -0.4 is 15.8 Å². The van der Waals surface area contributed by atoms with Gasteiger partial charge in [-0.25, -0.2) is 9.97 Å². The lowest BCUT2D eigenvalue weighted by Crippen LogP contribution is -2.07. The van der Waals surface area contributed by atoms with Gasteiger partial charge in [-0.3, -0.25) is 0 Å². The SMILES string of the molecule is COc1c(N)ncnc1NCCCC1CC1. The minimum atomic E-state index is 0.377. The quantitative estimate of drug-likeness (QED) is 0.716. The first kappa shape index (κ1) is 11.0. The first-order valence-electron chi connectivity index (χ1n) is 5.69. The fourth-order valence-electron chi connectivity index (χ4n) is 1.72. The summed E-state index contributed by atoms with van der Waals surface area (Å²) in [6, 6.07) is 0. The van der Waals surface area contributed by atoms with Crippen molar-refractivity contribution in [3.05, 3.63) is 6.33 Å². The lowest BCUT2D eigenvalue weighted by molar-refractivity contribution is 0.415. The summed E-state index contributed by atoms with van der Waals surface area (Å²) in [7, 11) is 1.57. The summed E-state index contributed by atoms with van der Waals surface area (Å²) >= 11 is 0. The Kier molecular flexibility index (Phi) is 3.44. The van der Waals surface area contributed by atoms with Crippen molar-refractivity contribution in [2.45, 2.75) is 25.7 Å². The fourth-order valence-corrected chi connectivity index (χ4v) is 1.72. The molecule has 5 nitrogen and oxygen atoms in total. The molecule has 0 radical (unpaired) electrons. The molecule has 0 saturated heterocycles. The Bertz CT molecular complexity index is 352. The third-order valence-electron chi connectivity index (χ3n) is 2.81. The molecule has 0 unspecified atom stereocenters. The molecule has 1 fully saturated rings. The van der Waals surface area contributed by atoms with Crippen molar-refractivity contribution in [3.63, 3.8) is 0 Å². The van der Waals surface area contributed by atoms with Crippen LogP contribution in [0.25, 0.3) is 0 Å². The van der Waals surface area contributed by atoms with Gasteiger partial charge in [-0.05, 0) is 18.8 Å². The highest BCUT2D eigenvalue weighted by molar-refractivity contribution is 5.61. The van der Waals surface area contributed by atoms with Crippen molar-refractivity contribution in [1.82, 2.24) is 9.97 Å². The molecule has 88 valence electrons. The van der Waals surface area contributed by atoms with Crippen molar-refractivity contribution in [1.29, 1.82) is 0 Å². The van der Waals surface area contributed by atoms with Crippen LogP contribution in [-0.4, -0.2) is 23.6 Å². The number of nitrogens with one attached hydrogen (secondary N) is 1. The number of rotatable bonds is 6. The lowest BCUT2D eigenvalue weighted by Gasteiger charge is -2.10. The van der Waals surface area contributed by atoms with Crippen LogP contribution in [0.2, 0.25) is 0 Å². The highest BCUT2D eigenvalue weighted by Crippen LogP contribution is 2.33. The van der Waals surface area contributed by atoms with Crippen LogP contribution in [0.4, 0.5) is 11.6 Å².